The van der Waals surface area contributed by atoms with Crippen LogP contribution in [0.2, 0.25) is 10.0 Å². The summed E-state index contributed by atoms with van der Waals surface area (Å²) in [5, 5.41) is 5.99. The minimum Gasteiger partial charge on any atom is -0.332 e. The summed E-state index contributed by atoms with van der Waals surface area (Å²) >= 11 is 16.5. The van der Waals surface area contributed by atoms with Crippen molar-refractivity contribution < 1.29 is 9.18 Å². The summed E-state index contributed by atoms with van der Waals surface area (Å²) < 4.78 is 13.0. The van der Waals surface area contributed by atoms with Crippen molar-refractivity contribution in [1.29, 1.82) is 0 Å². The Hall–Kier alpha value is -1.69. The average Bonchev–Trinajstić information content (AvgIpc) is 2.45. The Labute approximate surface area is 142 Å². The van der Waals surface area contributed by atoms with Crippen molar-refractivity contribution in [3.05, 3.63) is 63.9 Å². The van der Waals surface area contributed by atoms with E-state index in [1.807, 2.05) is 0 Å². The van der Waals surface area contributed by atoms with Gasteiger partial charge in [-0.3, -0.25) is 4.79 Å². The zero-order chi connectivity index (χ0) is 16.1. The highest BCUT2D eigenvalue weighted by molar-refractivity contribution is 7.80. The first kappa shape index (κ1) is 16.7. The Bertz CT molecular complexity index is 707. The van der Waals surface area contributed by atoms with Gasteiger partial charge in [-0.1, -0.05) is 35.3 Å². The molecule has 114 valence electrons. The molecule has 0 aliphatic rings. The summed E-state index contributed by atoms with van der Waals surface area (Å²) in [6.07, 6.45) is 0.170. The molecule has 0 heterocycles. The number of carbonyl (C=O) groups excluding carboxylic acids is 1. The van der Waals surface area contributed by atoms with Crippen molar-refractivity contribution in [3.63, 3.8) is 0 Å². The van der Waals surface area contributed by atoms with Gasteiger partial charge in [0, 0.05) is 10.7 Å². The van der Waals surface area contributed by atoms with Gasteiger partial charge in [-0.25, -0.2) is 4.39 Å². The summed E-state index contributed by atoms with van der Waals surface area (Å²) in [6, 6.07) is 11.0. The van der Waals surface area contributed by atoms with Gasteiger partial charge in [-0.2, -0.15) is 0 Å². The molecule has 0 radical (unpaired) electrons. The lowest BCUT2D eigenvalue weighted by Gasteiger charge is -2.10. The molecule has 2 rings (SSSR count). The Kier molecular flexibility index (Phi) is 5.71. The highest BCUT2D eigenvalue weighted by atomic mass is 35.5. The van der Waals surface area contributed by atoms with Crippen LogP contribution in [0.15, 0.2) is 42.5 Å². The fraction of sp³-hybridized carbons (Fsp3) is 0.0667. The normalized spacial score (nSPS) is 10.1. The van der Waals surface area contributed by atoms with E-state index in [-0.39, 0.29) is 22.5 Å². The highest BCUT2D eigenvalue weighted by Crippen LogP contribution is 2.19. The van der Waals surface area contributed by atoms with Gasteiger partial charge in [0.2, 0.25) is 5.91 Å². The van der Waals surface area contributed by atoms with Crippen molar-refractivity contribution in [1.82, 2.24) is 5.32 Å². The molecule has 0 unspecified atom stereocenters. The van der Waals surface area contributed by atoms with Gasteiger partial charge in [0.15, 0.2) is 5.11 Å². The molecule has 2 N–H and O–H groups in total. The second-order valence-corrected chi connectivity index (χ2v) is 5.69. The fourth-order valence-corrected chi connectivity index (χ4v) is 2.23. The largest absolute Gasteiger partial charge is 0.332 e. The summed E-state index contributed by atoms with van der Waals surface area (Å²) in [4.78, 5) is 11.9. The van der Waals surface area contributed by atoms with Crippen LogP contribution < -0.4 is 10.6 Å². The molecule has 0 aliphatic carbocycles. The van der Waals surface area contributed by atoms with E-state index in [9.17, 15) is 9.18 Å². The molecule has 0 saturated carbocycles. The van der Waals surface area contributed by atoms with Crippen molar-refractivity contribution in [2.24, 2.45) is 0 Å². The predicted molar refractivity (Wildman–Crippen MR) is 90.9 cm³/mol. The van der Waals surface area contributed by atoms with E-state index in [1.54, 1.807) is 24.3 Å². The quantitative estimate of drug-likeness (QED) is 0.810. The van der Waals surface area contributed by atoms with Gasteiger partial charge in [-0.05, 0) is 48.1 Å². The van der Waals surface area contributed by atoms with E-state index in [0.717, 1.165) is 5.56 Å². The first-order valence-electron chi connectivity index (χ1n) is 6.24. The van der Waals surface area contributed by atoms with Gasteiger partial charge in [0.25, 0.3) is 0 Å². The van der Waals surface area contributed by atoms with E-state index >= 15 is 0 Å². The fourth-order valence-electron chi connectivity index (χ4n) is 1.69. The molecule has 0 atom stereocenters. The molecule has 0 spiro atoms. The minimum atomic E-state index is -0.523. The number of nitrogens with one attached hydrogen (secondary N) is 2. The van der Waals surface area contributed by atoms with Gasteiger partial charge in [0.05, 0.1) is 11.4 Å². The Morgan fingerprint density at radius 2 is 1.82 bits per heavy atom. The Balaban J connectivity index is 1.89. The lowest BCUT2D eigenvalue weighted by Crippen LogP contribution is -2.35. The Morgan fingerprint density at radius 1 is 1.14 bits per heavy atom. The summed E-state index contributed by atoms with van der Waals surface area (Å²) in [6.45, 7) is 0. The first-order chi connectivity index (χ1) is 10.4. The molecule has 7 heteroatoms. The molecule has 22 heavy (non-hydrogen) atoms. The summed E-state index contributed by atoms with van der Waals surface area (Å²) in [7, 11) is 0. The third-order valence-electron chi connectivity index (χ3n) is 2.71. The van der Waals surface area contributed by atoms with Crippen LogP contribution in [-0.4, -0.2) is 11.0 Å². The Morgan fingerprint density at radius 3 is 2.45 bits per heavy atom. The molecule has 1 amide bonds. The van der Waals surface area contributed by atoms with E-state index in [0.29, 0.717) is 10.7 Å². The molecule has 0 aromatic heterocycles. The van der Waals surface area contributed by atoms with Crippen molar-refractivity contribution in [2.75, 3.05) is 5.32 Å². The van der Waals surface area contributed by atoms with Crippen molar-refractivity contribution >= 4 is 52.1 Å². The molecule has 3 nitrogen and oxygen atoms in total. The minimum absolute atomic E-state index is 0.0275. The van der Waals surface area contributed by atoms with Crippen molar-refractivity contribution in [3.8, 4) is 0 Å². The zero-order valence-corrected chi connectivity index (χ0v) is 13.5. The molecular formula is C15H11Cl2FN2OS. The second-order valence-electron chi connectivity index (χ2n) is 4.43. The maximum Gasteiger partial charge on any atom is 0.230 e. The van der Waals surface area contributed by atoms with Crippen LogP contribution in [0.4, 0.5) is 10.1 Å². The SMILES string of the molecule is O=C(Cc1ccc(Cl)cc1)NC(=S)Nc1ccc(F)c(Cl)c1. The van der Waals surface area contributed by atoms with Gasteiger partial charge in [-0.15, -0.1) is 0 Å². The number of halogens is 3. The number of thiocarbonyl (C=S) groups is 1. The van der Waals surface area contributed by atoms with E-state index in [1.165, 1.54) is 18.2 Å². The number of carbonyl (C=O) groups is 1. The number of amides is 1. The molecule has 0 fully saturated rings. The number of anilines is 1. The zero-order valence-electron chi connectivity index (χ0n) is 11.2. The van der Waals surface area contributed by atoms with Crippen LogP contribution >= 0.6 is 35.4 Å². The molecule has 2 aromatic rings. The second kappa shape index (κ2) is 7.54. The predicted octanol–water partition coefficient (Wildman–Crippen LogP) is 4.19. The number of benzene rings is 2. The van der Waals surface area contributed by atoms with Crippen LogP contribution in [0.1, 0.15) is 5.56 Å². The van der Waals surface area contributed by atoms with E-state index < -0.39 is 5.82 Å². The maximum absolute atomic E-state index is 13.0. The van der Waals surface area contributed by atoms with E-state index in [4.69, 9.17) is 35.4 Å². The first-order valence-corrected chi connectivity index (χ1v) is 7.41. The van der Waals surface area contributed by atoms with Crippen LogP contribution in [0.25, 0.3) is 0 Å². The summed E-state index contributed by atoms with van der Waals surface area (Å²) in [5.74, 6) is -0.794. The van der Waals surface area contributed by atoms with Crippen molar-refractivity contribution in [2.45, 2.75) is 6.42 Å². The smallest absolute Gasteiger partial charge is 0.230 e. The lowest BCUT2D eigenvalue weighted by atomic mass is 10.1. The van der Waals surface area contributed by atoms with Crippen LogP contribution in [0.3, 0.4) is 0 Å². The third kappa shape index (κ3) is 4.94. The molecular weight excluding hydrogens is 346 g/mol. The number of rotatable bonds is 3. The summed E-state index contributed by atoms with van der Waals surface area (Å²) in [5.41, 5.74) is 1.30. The van der Waals surface area contributed by atoms with Gasteiger partial charge < -0.3 is 10.6 Å². The average molecular weight is 357 g/mol. The van der Waals surface area contributed by atoms with Gasteiger partial charge >= 0.3 is 0 Å². The topological polar surface area (TPSA) is 41.1 Å². The molecule has 2 aromatic carbocycles. The molecule has 0 bridgehead atoms. The van der Waals surface area contributed by atoms with Crippen LogP contribution in [0.5, 0.6) is 0 Å². The van der Waals surface area contributed by atoms with E-state index in [2.05, 4.69) is 10.6 Å². The lowest BCUT2D eigenvalue weighted by molar-refractivity contribution is -0.119. The maximum atomic E-state index is 13.0. The third-order valence-corrected chi connectivity index (χ3v) is 3.45. The standard InChI is InChI=1S/C15H11Cl2FN2OS/c16-10-3-1-9(2-4-10)7-14(21)20-15(22)19-11-5-6-13(18)12(17)8-11/h1-6,8H,7H2,(H2,19,20,21,22). The van der Waals surface area contributed by atoms with Gasteiger partial charge in [0.1, 0.15) is 5.82 Å². The molecule has 0 saturated heterocycles. The molecule has 0 aliphatic heterocycles. The highest BCUT2D eigenvalue weighted by Gasteiger charge is 2.07. The monoisotopic (exact) mass is 356 g/mol. The number of hydrogen-bond donors (Lipinski definition) is 2. The van der Waals surface area contributed by atoms with Crippen LogP contribution in [-0.2, 0) is 11.2 Å². The van der Waals surface area contributed by atoms with Crippen LogP contribution in [0, 0.1) is 5.82 Å². The number of hydrogen-bond acceptors (Lipinski definition) is 2.